The number of aryl methyl sites for hydroxylation is 1. The van der Waals surface area contributed by atoms with E-state index in [1.54, 1.807) is 0 Å². The largest absolute Gasteiger partial charge is 0.322 e. The molecule has 1 fully saturated rings. The van der Waals surface area contributed by atoms with Gasteiger partial charge < -0.3 is 5.32 Å². The fourth-order valence-corrected chi connectivity index (χ4v) is 2.42. The fourth-order valence-electron chi connectivity index (χ4n) is 1.90. The Kier molecular flexibility index (Phi) is 3.28. The molecule has 0 saturated heterocycles. The number of nitrogens with zero attached hydrogens (tertiary/aromatic N) is 4. The number of anilines is 2. The van der Waals surface area contributed by atoms with E-state index < -0.39 is 0 Å². The lowest BCUT2D eigenvalue weighted by Gasteiger charge is -2.05. The zero-order valence-electron chi connectivity index (χ0n) is 9.99. The van der Waals surface area contributed by atoms with E-state index in [1.165, 1.54) is 18.5 Å². The van der Waals surface area contributed by atoms with E-state index in [0.29, 0.717) is 17.6 Å². The Bertz CT molecular complexity index is 636. The van der Waals surface area contributed by atoms with Crippen LogP contribution in [0.1, 0.15) is 24.5 Å². The van der Waals surface area contributed by atoms with Gasteiger partial charge in [-0.1, -0.05) is 23.2 Å². The molecule has 0 bridgehead atoms. The van der Waals surface area contributed by atoms with Crippen LogP contribution in [0.4, 0.5) is 11.6 Å². The van der Waals surface area contributed by atoms with Crippen molar-refractivity contribution in [3.8, 4) is 0 Å². The SMILES string of the molecule is Cn1nc(Nc2nc(Cl)nc(Cl)c2Cl)cc1C1CC1. The lowest BCUT2D eigenvalue weighted by molar-refractivity contribution is 0.716. The van der Waals surface area contributed by atoms with E-state index in [1.807, 2.05) is 17.8 Å². The van der Waals surface area contributed by atoms with Crippen LogP contribution in [0.2, 0.25) is 15.5 Å². The van der Waals surface area contributed by atoms with Crippen molar-refractivity contribution in [2.45, 2.75) is 18.8 Å². The molecule has 3 rings (SSSR count). The van der Waals surface area contributed by atoms with Crippen LogP contribution in [-0.2, 0) is 7.05 Å². The van der Waals surface area contributed by atoms with Gasteiger partial charge in [-0.05, 0) is 24.4 Å². The van der Waals surface area contributed by atoms with Gasteiger partial charge in [-0.3, -0.25) is 4.68 Å². The van der Waals surface area contributed by atoms with E-state index in [9.17, 15) is 0 Å². The maximum Gasteiger partial charge on any atom is 0.225 e. The molecule has 0 amide bonds. The predicted octanol–water partition coefficient (Wildman–Crippen LogP) is 3.79. The summed E-state index contributed by atoms with van der Waals surface area (Å²) in [5.74, 6) is 1.63. The lowest BCUT2D eigenvalue weighted by Crippen LogP contribution is -1.99. The second kappa shape index (κ2) is 4.81. The average Bonchev–Trinajstić information content (AvgIpc) is 3.11. The van der Waals surface area contributed by atoms with Crippen molar-refractivity contribution < 1.29 is 0 Å². The van der Waals surface area contributed by atoms with Crippen LogP contribution in [0.3, 0.4) is 0 Å². The summed E-state index contributed by atoms with van der Waals surface area (Å²) in [5, 5.41) is 7.76. The number of halogens is 3. The van der Waals surface area contributed by atoms with Crippen molar-refractivity contribution in [1.82, 2.24) is 19.7 Å². The molecule has 2 aromatic rings. The quantitative estimate of drug-likeness (QED) is 0.691. The maximum atomic E-state index is 6.02. The smallest absolute Gasteiger partial charge is 0.225 e. The Morgan fingerprint density at radius 1 is 1.26 bits per heavy atom. The molecule has 1 saturated carbocycles. The minimum absolute atomic E-state index is 0.0373. The summed E-state index contributed by atoms with van der Waals surface area (Å²) in [6, 6.07) is 1.98. The molecular formula is C11H10Cl3N5. The van der Waals surface area contributed by atoms with Gasteiger partial charge in [0.2, 0.25) is 5.28 Å². The van der Waals surface area contributed by atoms with Crippen molar-refractivity contribution in [2.75, 3.05) is 5.32 Å². The normalized spacial score (nSPS) is 14.7. The topological polar surface area (TPSA) is 55.6 Å². The van der Waals surface area contributed by atoms with Crippen LogP contribution in [0.15, 0.2) is 6.07 Å². The van der Waals surface area contributed by atoms with Crippen LogP contribution in [-0.4, -0.2) is 19.7 Å². The Morgan fingerprint density at radius 3 is 2.68 bits per heavy atom. The van der Waals surface area contributed by atoms with Gasteiger partial charge in [-0.25, -0.2) is 4.98 Å². The van der Waals surface area contributed by atoms with Crippen LogP contribution >= 0.6 is 34.8 Å². The first-order valence-corrected chi connectivity index (χ1v) is 6.87. The molecule has 0 unspecified atom stereocenters. The van der Waals surface area contributed by atoms with E-state index in [-0.39, 0.29) is 15.5 Å². The molecule has 0 aliphatic heterocycles. The number of aromatic nitrogens is 4. The summed E-state index contributed by atoms with van der Waals surface area (Å²) in [5.41, 5.74) is 1.20. The summed E-state index contributed by atoms with van der Waals surface area (Å²) >= 11 is 17.6. The maximum absolute atomic E-state index is 6.02. The Hall–Kier alpha value is -1.04. The van der Waals surface area contributed by atoms with E-state index in [4.69, 9.17) is 34.8 Å². The molecule has 1 aliphatic rings. The summed E-state index contributed by atoms with van der Waals surface area (Å²) in [6.07, 6.45) is 2.43. The molecule has 0 radical (unpaired) electrons. The van der Waals surface area contributed by atoms with Gasteiger partial charge in [-0.2, -0.15) is 10.1 Å². The molecule has 2 aromatic heterocycles. The first-order chi connectivity index (χ1) is 9.04. The van der Waals surface area contributed by atoms with Crippen LogP contribution in [0, 0.1) is 0 Å². The molecule has 5 nitrogen and oxygen atoms in total. The van der Waals surface area contributed by atoms with Crippen molar-refractivity contribution >= 4 is 46.4 Å². The van der Waals surface area contributed by atoms with Crippen LogP contribution in [0.5, 0.6) is 0 Å². The number of rotatable bonds is 3. The lowest BCUT2D eigenvalue weighted by atomic mass is 10.3. The van der Waals surface area contributed by atoms with Gasteiger partial charge in [0.25, 0.3) is 0 Å². The summed E-state index contributed by atoms with van der Waals surface area (Å²) in [6.45, 7) is 0. The molecule has 0 atom stereocenters. The van der Waals surface area contributed by atoms with Gasteiger partial charge in [0.15, 0.2) is 16.8 Å². The molecular weight excluding hydrogens is 309 g/mol. The number of hydrogen-bond acceptors (Lipinski definition) is 4. The second-order valence-corrected chi connectivity index (χ2v) is 5.50. The molecule has 2 heterocycles. The van der Waals surface area contributed by atoms with Crippen molar-refractivity contribution in [1.29, 1.82) is 0 Å². The van der Waals surface area contributed by atoms with Gasteiger partial charge >= 0.3 is 0 Å². The third-order valence-corrected chi connectivity index (χ3v) is 3.84. The molecule has 1 N–H and O–H groups in total. The van der Waals surface area contributed by atoms with E-state index >= 15 is 0 Å². The highest BCUT2D eigenvalue weighted by Crippen LogP contribution is 2.41. The van der Waals surface area contributed by atoms with Gasteiger partial charge in [-0.15, -0.1) is 0 Å². The van der Waals surface area contributed by atoms with Crippen molar-refractivity contribution in [2.24, 2.45) is 7.05 Å². The third-order valence-electron chi connectivity index (χ3n) is 2.94. The highest BCUT2D eigenvalue weighted by atomic mass is 35.5. The molecule has 0 spiro atoms. The fraction of sp³-hybridized carbons (Fsp3) is 0.364. The Balaban J connectivity index is 1.90. The van der Waals surface area contributed by atoms with Crippen molar-refractivity contribution in [3.63, 3.8) is 0 Å². The predicted molar refractivity (Wildman–Crippen MR) is 75.5 cm³/mol. The molecule has 19 heavy (non-hydrogen) atoms. The molecule has 100 valence electrons. The van der Waals surface area contributed by atoms with Gasteiger partial charge in [0.05, 0.1) is 0 Å². The van der Waals surface area contributed by atoms with Gasteiger partial charge in [0.1, 0.15) is 5.02 Å². The Morgan fingerprint density at radius 2 is 2.00 bits per heavy atom. The molecule has 0 aromatic carbocycles. The minimum atomic E-state index is 0.0373. The Labute approximate surface area is 124 Å². The molecule has 1 aliphatic carbocycles. The standard InChI is InChI=1S/C11H10Cl3N5/c1-19-6(5-2-3-5)4-7(18-19)15-10-8(12)9(13)16-11(14)17-10/h4-5H,2-3H2,1H3,(H,15,16,17,18). The second-order valence-electron chi connectivity index (χ2n) is 4.42. The first-order valence-electron chi connectivity index (χ1n) is 5.74. The highest BCUT2D eigenvalue weighted by molar-refractivity contribution is 6.43. The van der Waals surface area contributed by atoms with E-state index in [2.05, 4.69) is 20.4 Å². The zero-order chi connectivity index (χ0) is 13.6. The monoisotopic (exact) mass is 317 g/mol. The molecule has 8 heteroatoms. The first kappa shape index (κ1) is 13.0. The number of nitrogens with one attached hydrogen (secondary N) is 1. The van der Waals surface area contributed by atoms with Crippen LogP contribution in [0.25, 0.3) is 0 Å². The third kappa shape index (κ3) is 2.63. The summed E-state index contributed by atoms with van der Waals surface area (Å²) < 4.78 is 1.86. The average molecular weight is 319 g/mol. The summed E-state index contributed by atoms with van der Waals surface area (Å²) in [7, 11) is 1.92. The van der Waals surface area contributed by atoms with Gasteiger partial charge in [0, 0.05) is 24.7 Å². The highest BCUT2D eigenvalue weighted by Gasteiger charge is 2.27. The van der Waals surface area contributed by atoms with Crippen molar-refractivity contribution in [3.05, 3.63) is 27.2 Å². The minimum Gasteiger partial charge on any atom is -0.322 e. The van der Waals surface area contributed by atoms with Crippen LogP contribution < -0.4 is 5.32 Å². The summed E-state index contributed by atoms with van der Waals surface area (Å²) in [4.78, 5) is 7.76. The number of hydrogen-bond donors (Lipinski definition) is 1. The van der Waals surface area contributed by atoms with E-state index in [0.717, 1.165) is 0 Å². The zero-order valence-corrected chi connectivity index (χ0v) is 12.3.